The van der Waals surface area contributed by atoms with Crippen LogP contribution in [0, 0.1) is 0 Å². The summed E-state index contributed by atoms with van der Waals surface area (Å²) in [5.74, 6) is 0.318. The summed E-state index contributed by atoms with van der Waals surface area (Å²) in [5, 5.41) is 14.3. The van der Waals surface area contributed by atoms with Crippen molar-refractivity contribution in [3.63, 3.8) is 0 Å². The van der Waals surface area contributed by atoms with E-state index in [-0.39, 0.29) is 5.91 Å². The molecule has 0 unspecified atom stereocenters. The number of carbonyl (C=O) groups excluding carboxylic acids is 1. The number of hydrogen-bond donors (Lipinski definition) is 1. The van der Waals surface area contributed by atoms with Gasteiger partial charge in [-0.1, -0.05) is 17.7 Å². The Hall–Kier alpha value is -2.93. The first-order valence-corrected chi connectivity index (χ1v) is 7.03. The molecule has 0 saturated carbocycles. The first-order valence-electron chi connectivity index (χ1n) is 6.65. The fourth-order valence-electron chi connectivity index (χ4n) is 2.05. The summed E-state index contributed by atoms with van der Waals surface area (Å²) in [6.07, 6.45) is 1.44. The molecular formula is C15H12ClN5O2. The minimum absolute atomic E-state index is 0.264. The van der Waals surface area contributed by atoms with Gasteiger partial charge in [-0.2, -0.15) is 4.68 Å². The maximum Gasteiger partial charge on any atom is 0.255 e. The molecule has 2 aromatic carbocycles. The van der Waals surface area contributed by atoms with Crippen LogP contribution >= 0.6 is 11.6 Å². The van der Waals surface area contributed by atoms with Gasteiger partial charge in [-0.15, -0.1) is 5.10 Å². The minimum atomic E-state index is -0.264. The van der Waals surface area contributed by atoms with Crippen molar-refractivity contribution < 1.29 is 9.53 Å². The molecule has 0 aliphatic carbocycles. The molecule has 8 heteroatoms. The third-order valence-corrected chi connectivity index (χ3v) is 3.35. The normalized spacial score (nSPS) is 10.3. The Morgan fingerprint density at radius 2 is 2.13 bits per heavy atom. The highest BCUT2D eigenvalue weighted by atomic mass is 35.5. The number of nitrogens with one attached hydrogen (secondary N) is 1. The number of ether oxygens (including phenoxy) is 1. The Balaban J connectivity index is 1.89. The summed E-state index contributed by atoms with van der Waals surface area (Å²) < 4.78 is 6.74. The number of halogens is 1. The number of tetrazole rings is 1. The molecule has 0 spiro atoms. The van der Waals surface area contributed by atoms with E-state index in [1.54, 1.807) is 49.6 Å². The summed E-state index contributed by atoms with van der Waals surface area (Å²) in [4.78, 5) is 12.3. The summed E-state index contributed by atoms with van der Waals surface area (Å²) in [6, 6.07) is 11.9. The first-order chi connectivity index (χ1) is 11.2. The Bertz CT molecular complexity index is 836. The topological polar surface area (TPSA) is 81.9 Å². The zero-order chi connectivity index (χ0) is 16.2. The molecule has 1 heterocycles. The largest absolute Gasteiger partial charge is 0.494 e. The van der Waals surface area contributed by atoms with E-state index in [4.69, 9.17) is 16.3 Å². The van der Waals surface area contributed by atoms with Gasteiger partial charge >= 0.3 is 0 Å². The monoisotopic (exact) mass is 329 g/mol. The summed E-state index contributed by atoms with van der Waals surface area (Å²) in [7, 11) is 1.55. The molecule has 0 aliphatic rings. The quantitative estimate of drug-likeness (QED) is 0.795. The first kappa shape index (κ1) is 15.0. The molecule has 23 heavy (non-hydrogen) atoms. The lowest BCUT2D eigenvalue weighted by molar-refractivity contribution is 0.102. The summed E-state index contributed by atoms with van der Waals surface area (Å²) in [6.45, 7) is 0. The number of amides is 1. The van der Waals surface area contributed by atoms with Gasteiger partial charge in [0.25, 0.3) is 5.91 Å². The number of benzene rings is 2. The van der Waals surface area contributed by atoms with Crippen molar-refractivity contribution in [2.24, 2.45) is 0 Å². The lowest BCUT2D eigenvalue weighted by Crippen LogP contribution is -2.12. The van der Waals surface area contributed by atoms with Gasteiger partial charge in [-0.25, -0.2) is 0 Å². The van der Waals surface area contributed by atoms with Gasteiger partial charge in [0, 0.05) is 16.3 Å². The minimum Gasteiger partial charge on any atom is -0.494 e. The second-order valence-corrected chi connectivity index (χ2v) is 5.04. The van der Waals surface area contributed by atoms with Crippen LogP contribution in [0.25, 0.3) is 5.69 Å². The number of nitrogens with zero attached hydrogens (tertiary/aromatic N) is 4. The van der Waals surface area contributed by atoms with E-state index < -0.39 is 0 Å². The van der Waals surface area contributed by atoms with E-state index in [1.165, 1.54) is 11.0 Å². The Morgan fingerprint density at radius 3 is 2.83 bits per heavy atom. The molecule has 0 saturated heterocycles. The van der Waals surface area contributed by atoms with E-state index in [0.29, 0.717) is 27.7 Å². The van der Waals surface area contributed by atoms with Crippen LogP contribution in [0.5, 0.6) is 5.75 Å². The van der Waals surface area contributed by atoms with E-state index >= 15 is 0 Å². The van der Waals surface area contributed by atoms with Gasteiger partial charge < -0.3 is 10.1 Å². The highest BCUT2D eigenvalue weighted by Crippen LogP contribution is 2.26. The number of aromatic nitrogens is 4. The summed E-state index contributed by atoms with van der Waals surface area (Å²) in [5.41, 5.74) is 1.67. The Labute approximate surface area is 136 Å². The fourth-order valence-corrected chi connectivity index (χ4v) is 2.24. The lowest BCUT2D eigenvalue weighted by Gasteiger charge is -2.11. The standard InChI is InChI=1S/C15H12ClN5O2/c1-23-14-6-5-12(8-13(14)21-9-17-19-20-21)18-15(22)10-3-2-4-11(16)7-10/h2-9H,1H3,(H,18,22). The predicted molar refractivity (Wildman–Crippen MR) is 85.1 cm³/mol. The molecule has 0 radical (unpaired) electrons. The predicted octanol–water partition coefficient (Wildman–Crippen LogP) is 2.58. The lowest BCUT2D eigenvalue weighted by atomic mass is 10.2. The maximum absolute atomic E-state index is 12.3. The molecule has 0 aliphatic heterocycles. The van der Waals surface area contributed by atoms with Gasteiger partial charge in [-0.3, -0.25) is 4.79 Å². The van der Waals surface area contributed by atoms with Crippen LogP contribution in [0.15, 0.2) is 48.8 Å². The van der Waals surface area contributed by atoms with Crippen LogP contribution in [0.3, 0.4) is 0 Å². The van der Waals surface area contributed by atoms with Crippen LogP contribution in [-0.2, 0) is 0 Å². The smallest absolute Gasteiger partial charge is 0.255 e. The molecule has 1 amide bonds. The van der Waals surface area contributed by atoms with Crippen molar-refractivity contribution in [1.82, 2.24) is 20.2 Å². The molecular weight excluding hydrogens is 318 g/mol. The Morgan fingerprint density at radius 1 is 1.26 bits per heavy atom. The van der Waals surface area contributed by atoms with Crippen molar-refractivity contribution in [3.8, 4) is 11.4 Å². The third kappa shape index (κ3) is 3.29. The highest BCUT2D eigenvalue weighted by molar-refractivity contribution is 6.31. The van der Waals surface area contributed by atoms with E-state index in [2.05, 4.69) is 20.8 Å². The summed E-state index contributed by atoms with van der Waals surface area (Å²) >= 11 is 5.90. The highest BCUT2D eigenvalue weighted by Gasteiger charge is 2.11. The SMILES string of the molecule is COc1ccc(NC(=O)c2cccc(Cl)c2)cc1-n1cnnn1. The number of anilines is 1. The van der Waals surface area contributed by atoms with Crippen molar-refractivity contribution in [2.45, 2.75) is 0 Å². The molecule has 0 atom stereocenters. The molecule has 1 aromatic heterocycles. The van der Waals surface area contributed by atoms with Gasteiger partial charge in [0.2, 0.25) is 0 Å². The van der Waals surface area contributed by atoms with Crippen molar-refractivity contribution in [1.29, 1.82) is 0 Å². The maximum atomic E-state index is 12.3. The number of hydrogen-bond acceptors (Lipinski definition) is 5. The number of carbonyl (C=O) groups is 1. The van der Waals surface area contributed by atoms with Crippen molar-refractivity contribution in [3.05, 3.63) is 59.4 Å². The van der Waals surface area contributed by atoms with Gasteiger partial charge in [0.15, 0.2) is 0 Å². The third-order valence-electron chi connectivity index (χ3n) is 3.12. The fraction of sp³-hybridized carbons (Fsp3) is 0.0667. The molecule has 116 valence electrons. The van der Waals surface area contributed by atoms with Gasteiger partial charge in [-0.05, 0) is 46.8 Å². The van der Waals surface area contributed by atoms with E-state index in [1.807, 2.05) is 0 Å². The van der Waals surface area contributed by atoms with Crippen LogP contribution in [0.2, 0.25) is 5.02 Å². The number of methoxy groups -OCH3 is 1. The second kappa shape index (κ2) is 6.45. The molecule has 0 bridgehead atoms. The van der Waals surface area contributed by atoms with E-state index in [9.17, 15) is 4.79 Å². The molecule has 7 nitrogen and oxygen atoms in total. The van der Waals surface area contributed by atoms with Crippen molar-refractivity contribution in [2.75, 3.05) is 12.4 Å². The average Bonchev–Trinajstić information content (AvgIpc) is 3.09. The Kier molecular flexibility index (Phi) is 4.20. The van der Waals surface area contributed by atoms with Crippen LogP contribution in [0.4, 0.5) is 5.69 Å². The molecule has 0 fully saturated rings. The zero-order valence-corrected chi connectivity index (χ0v) is 12.9. The van der Waals surface area contributed by atoms with Gasteiger partial charge in [0.05, 0.1) is 7.11 Å². The zero-order valence-electron chi connectivity index (χ0n) is 12.1. The van der Waals surface area contributed by atoms with Crippen LogP contribution < -0.4 is 10.1 Å². The molecule has 3 rings (SSSR count). The van der Waals surface area contributed by atoms with E-state index in [0.717, 1.165) is 0 Å². The second-order valence-electron chi connectivity index (χ2n) is 4.61. The molecule has 3 aromatic rings. The average molecular weight is 330 g/mol. The van der Waals surface area contributed by atoms with Gasteiger partial charge in [0.1, 0.15) is 17.8 Å². The van der Waals surface area contributed by atoms with Crippen LogP contribution in [-0.4, -0.2) is 33.2 Å². The van der Waals surface area contributed by atoms with Crippen LogP contribution in [0.1, 0.15) is 10.4 Å². The van der Waals surface area contributed by atoms with Crippen molar-refractivity contribution >= 4 is 23.2 Å². The number of rotatable bonds is 4. The molecule has 1 N–H and O–H groups in total.